The first-order valence-electron chi connectivity index (χ1n) is 10.4. The first kappa shape index (κ1) is 37.2. The molecule has 0 fully saturated rings. The Kier molecular flexibility index (Phi) is 12.1. The molecule has 3 nitrogen and oxygen atoms in total. The minimum Gasteiger partial charge on any atom is -0.748 e. The van der Waals surface area contributed by atoms with E-state index >= 15 is 0 Å². The molecule has 1 aromatic carbocycles. The van der Waals surface area contributed by atoms with Gasteiger partial charge in [0.1, 0.15) is 0 Å². The largest absolute Gasteiger partial charge is 1.00 e. The summed E-state index contributed by atoms with van der Waals surface area (Å²) in [5.74, 6) is -37.6. The predicted octanol–water partition coefficient (Wildman–Crippen LogP) is 4.31. The van der Waals surface area contributed by atoms with Crippen molar-refractivity contribution in [3.8, 4) is 0 Å². The molecule has 1 atom stereocenters. The van der Waals surface area contributed by atoms with Gasteiger partial charge in [-0.25, -0.2) is 8.42 Å². The van der Waals surface area contributed by atoms with Gasteiger partial charge in [-0.1, -0.05) is 56.9 Å². The number of rotatable bonds is 13. The van der Waals surface area contributed by atoms with Crippen molar-refractivity contribution in [1.29, 1.82) is 0 Å². The van der Waals surface area contributed by atoms with Crippen molar-refractivity contribution >= 4 is 10.1 Å². The summed E-state index contributed by atoms with van der Waals surface area (Å²) in [7, 11) is -4.94. The monoisotopic (exact) mass is 610 g/mol. The molecule has 0 saturated carbocycles. The molecule has 38 heavy (non-hydrogen) atoms. The van der Waals surface area contributed by atoms with E-state index < -0.39 is 63.1 Å². The minimum absolute atomic E-state index is 0. The van der Waals surface area contributed by atoms with Crippen LogP contribution in [0.15, 0.2) is 24.3 Å². The fourth-order valence-electron chi connectivity index (χ4n) is 3.21. The summed E-state index contributed by atoms with van der Waals surface area (Å²) in [6, 6.07) is 0.796. The van der Waals surface area contributed by atoms with Gasteiger partial charge in [0.05, 0.1) is 15.4 Å². The summed E-state index contributed by atoms with van der Waals surface area (Å²) in [5, 5.41) is -1.59. The Labute approximate surface area is 231 Å². The molecule has 216 valence electrons. The van der Waals surface area contributed by atoms with Gasteiger partial charge in [0, 0.05) is 5.56 Å². The minimum atomic E-state index is -8.00. The average Bonchev–Trinajstić information content (AvgIpc) is 2.74. The molecule has 18 heteroatoms. The van der Waals surface area contributed by atoms with E-state index in [0.29, 0.717) is 25.0 Å². The van der Waals surface area contributed by atoms with Crippen LogP contribution in [0.4, 0.5) is 57.1 Å². The predicted molar refractivity (Wildman–Crippen MR) is 102 cm³/mol. The third-order valence-corrected chi connectivity index (χ3v) is 6.72. The van der Waals surface area contributed by atoms with Crippen molar-refractivity contribution in [2.75, 3.05) is 0 Å². The molecule has 0 bridgehead atoms. The van der Waals surface area contributed by atoms with Crippen LogP contribution < -0.4 is 29.6 Å². The standard InChI is InChI=1S/C20H21F13O3S.Na/c1-2-3-4-5-6-14(37(34,35)36)11-12-7-9-13(10-8-12)15(21,22)16(23,24)17(25,26)18(27,28)19(29,30)20(31,32)33;/h7-10,14H,2-6,11H2,1H3,(H,34,35,36);/q;+1/p-1. The van der Waals surface area contributed by atoms with Crippen LogP contribution in [-0.4, -0.2) is 48.1 Å². The topological polar surface area (TPSA) is 57.2 Å². The van der Waals surface area contributed by atoms with Gasteiger partial charge in [-0.15, -0.1) is 0 Å². The van der Waals surface area contributed by atoms with Crippen molar-refractivity contribution < 1.29 is 99.6 Å². The maximum absolute atomic E-state index is 14.2. The van der Waals surface area contributed by atoms with E-state index in [1.807, 2.05) is 6.92 Å². The second kappa shape index (κ2) is 12.4. The average molecular weight is 610 g/mol. The van der Waals surface area contributed by atoms with Crippen LogP contribution in [0.2, 0.25) is 0 Å². The number of hydrogen-bond acceptors (Lipinski definition) is 3. The van der Waals surface area contributed by atoms with E-state index in [1.54, 1.807) is 0 Å². The Hall–Kier alpha value is -0.780. The second-order valence-corrected chi connectivity index (χ2v) is 9.89. The summed E-state index contributed by atoms with van der Waals surface area (Å²) in [4.78, 5) is 0. The maximum Gasteiger partial charge on any atom is 1.00 e. The molecular formula is C20H20F13NaO3S. The Morgan fingerprint density at radius 2 is 1.16 bits per heavy atom. The Bertz CT molecular complexity index is 1010. The summed E-state index contributed by atoms with van der Waals surface area (Å²) in [5.41, 5.74) is -2.44. The SMILES string of the molecule is CCCCCCC(Cc1ccc(C(F)(F)C(F)(F)C(F)(F)C(F)(F)C(F)(F)C(F)(F)F)cc1)S(=O)(=O)[O-].[Na+]. The van der Waals surface area contributed by atoms with Crippen LogP contribution in [-0.2, 0) is 22.5 Å². The number of halogens is 13. The molecule has 0 radical (unpaired) electrons. The zero-order valence-corrected chi connectivity index (χ0v) is 22.5. The Morgan fingerprint density at radius 1 is 0.711 bits per heavy atom. The van der Waals surface area contributed by atoms with E-state index in [1.165, 1.54) is 0 Å². The van der Waals surface area contributed by atoms with Crippen LogP contribution >= 0.6 is 0 Å². The van der Waals surface area contributed by atoms with Gasteiger partial charge in [-0.2, -0.15) is 57.1 Å². The van der Waals surface area contributed by atoms with Gasteiger partial charge in [-0.05, 0) is 18.4 Å². The molecular weight excluding hydrogens is 590 g/mol. The molecule has 0 amide bonds. The van der Waals surface area contributed by atoms with Crippen LogP contribution in [0, 0.1) is 0 Å². The molecule has 0 aliphatic carbocycles. The molecule has 0 aliphatic heterocycles. The first-order valence-corrected chi connectivity index (χ1v) is 11.9. The van der Waals surface area contributed by atoms with E-state index in [2.05, 4.69) is 0 Å². The van der Waals surface area contributed by atoms with Gasteiger partial charge < -0.3 is 4.55 Å². The summed E-state index contributed by atoms with van der Waals surface area (Å²) < 4.78 is 207. The summed E-state index contributed by atoms with van der Waals surface area (Å²) >= 11 is 0. The fourth-order valence-corrected chi connectivity index (χ4v) is 4.06. The number of alkyl halides is 13. The van der Waals surface area contributed by atoms with E-state index in [4.69, 9.17) is 0 Å². The molecule has 0 heterocycles. The van der Waals surface area contributed by atoms with Gasteiger partial charge in [0.25, 0.3) is 0 Å². The van der Waals surface area contributed by atoms with Crippen molar-refractivity contribution in [3.05, 3.63) is 35.4 Å². The van der Waals surface area contributed by atoms with Crippen molar-refractivity contribution in [2.45, 2.75) is 86.5 Å². The third kappa shape index (κ3) is 7.10. The molecule has 0 saturated heterocycles. The normalized spacial score (nSPS) is 15.2. The molecule has 0 aliphatic rings. The first-order chi connectivity index (χ1) is 16.4. The second-order valence-electron chi connectivity index (χ2n) is 8.23. The fraction of sp³-hybridized carbons (Fsp3) is 0.700. The van der Waals surface area contributed by atoms with Crippen molar-refractivity contribution in [3.63, 3.8) is 0 Å². The van der Waals surface area contributed by atoms with E-state index in [-0.39, 0.29) is 60.1 Å². The van der Waals surface area contributed by atoms with E-state index in [9.17, 15) is 70.0 Å². The summed E-state index contributed by atoms with van der Waals surface area (Å²) in [6.07, 6.45) is -6.04. The molecule has 0 N–H and O–H groups in total. The van der Waals surface area contributed by atoms with Crippen molar-refractivity contribution in [1.82, 2.24) is 0 Å². The Balaban J connectivity index is 0.0000137. The van der Waals surface area contributed by atoms with Crippen molar-refractivity contribution in [2.24, 2.45) is 0 Å². The summed E-state index contributed by atoms with van der Waals surface area (Å²) in [6.45, 7) is 1.83. The van der Waals surface area contributed by atoms with Gasteiger partial charge >= 0.3 is 65.3 Å². The third-order valence-electron chi connectivity index (χ3n) is 5.50. The number of hydrogen-bond donors (Lipinski definition) is 0. The van der Waals surface area contributed by atoms with E-state index in [0.717, 1.165) is 6.42 Å². The smallest absolute Gasteiger partial charge is 0.748 e. The number of unbranched alkanes of at least 4 members (excludes halogenated alkanes) is 3. The Morgan fingerprint density at radius 3 is 1.55 bits per heavy atom. The number of benzene rings is 1. The quantitative estimate of drug-likeness (QED) is 0.145. The molecule has 1 aromatic rings. The molecule has 0 aromatic heterocycles. The maximum atomic E-state index is 14.2. The van der Waals surface area contributed by atoms with Crippen LogP contribution in [0.1, 0.15) is 50.2 Å². The van der Waals surface area contributed by atoms with Crippen LogP contribution in [0.25, 0.3) is 0 Å². The van der Waals surface area contributed by atoms with Crippen LogP contribution in [0.3, 0.4) is 0 Å². The zero-order valence-electron chi connectivity index (χ0n) is 19.7. The zero-order chi connectivity index (χ0) is 29.3. The molecule has 1 rings (SSSR count). The molecule has 0 spiro atoms. The van der Waals surface area contributed by atoms with Gasteiger partial charge in [-0.3, -0.25) is 0 Å². The van der Waals surface area contributed by atoms with Crippen LogP contribution in [0.5, 0.6) is 0 Å². The van der Waals surface area contributed by atoms with Gasteiger partial charge in [0.2, 0.25) is 0 Å². The van der Waals surface area contributed by atoms with Gasteiger partial charge in [0.15, 0.2) is 0 Å². The molecule has 1 unspecified atom stereocenters.